The molecule has 1 unspecified atom stereocenters. The Kier molecular flexibility index (Phi) is 10.8. The standard InChI is InChI=1S/C18H35NO9/c1-4-26-13(22)6-5-7-19-8-12(21)18(2,3)10-27-17-16(25)15(24)14(23)11(9-20)28-17/h11-12,14-17,19-21,23-25H,4-10H2,1-3H3/t11-,12?,14-,15+,16-,17-/m0/s1. The van der Waals surface area contributed by atoms with Crippen molar-refractivity contribution in [1.82, 2.24) is 5.32 Å². The van der Waals surface area contributed by atoms with Gasteiger partial charge in [0, 0.05) is 18.4 Å². The summed E-state index contributed by atoms with van der Waals surface area (Å²) in [5.74, 6) is -0.252. The number of nitrogens with one attached hydrogen (secondary N) is 1. The van der Waals surface area contributed by atoms with E-state index in [1.54, 1.807) is 20.8 Å². The summed E-state index contributed by atoms with van der Waals surface area (Å²) in [4.78, 5) is 11.3. The third-order valence-corrected chi connectivity index (χ3v) is 4.75. The lowest BCUT2D eigenvalue weighted by Crippen LogP contribution is -2.59. The SMILES string of the molecule is CCOC(=O)CCCNCC(O)C(C)(C)CO[C@H]1O[C@@H](CO)[C@H](O)[C@@H](O)[C@@H]1O. The molecule has 0 aromatic carbocycles. The van der Waals surface area contributed by atoms with E-state index in [2.05, 4.69) is 5.32 Å². The lowest BCUT2D eigenvalue weighted by molar-refractivity contribution is -0.307. The fourth-order valence-corrected chi connectivity index (χ4v) is 2.70. The number of carbonyl (C=O) groups is 1. The summed E-state index contributed by atoms with van der Waals surface area (Å²) in [6, 6.07) is 0. The number of rotatable bonds is 12. The molecule has 0 radical (unpaired) electrons. The zero-order valence-corrected chi connectivity index (χ0v) is 16.8. The highest BCUT2D eigenvalue weighted by Gasteiger charge is 2.44. The van der Waals surface area contributed by atoms with Crippen molar-refractivity contribution in [3.8, 4) is 0 Å². The van der Waals surface area contributed by atoms with Crippen molar-refractivity contribution in [3.63, 3.8) is 0 Å². The van der Waals surface area contributed by atoms with Crippen LogP contribution in [0.1, 0.15) is 33.6 Å². The Morgan fingerprint density at radius 3 is 2.50 bits per heavy atom. The van der Waals surface area contributed by atoms with Crippen LogP contribution in [0.5, 0.6) is 0 Å². The van der Waals surface area contributed by atoms with E-state index < -0.39 is 48.8 Å². The van der Waals surface area contributed by atoms with Crippen LogP contribution in [0.2, 0.25) is 0 Å². The van der Waals surface area contributed by atoms with E-state index in [9.17, 15) is 30.3 Å². The van der Waals surface area contributed by atoms with Crippen molar-refractivity contribution in [2.75, 3.05) is 32.9 Å². The van der Waals surface area contributed by atoms with Crippen LogP contribution >= 0.6 is 0 Å². The van der Waals surface area contributed by atoms with E-state index in [1.165, 1.54) is 0 Å². The van der Waals surface area contributed by atoms with Gasteiger partial charge in [-0.1, -0.05) is 13.8 Å². The second-order valence-corrected chi connectivity index (χ2v) is 7.63. The van der Waals surface area contributed by atoms with Crippen molar-refractivity contribution >= 4 is 5.97 Å². The molecule has 28 heavy (non-hydrogen) atoms. The molecular formula is C18H35NO9. The molecule has 6 N–H and O–H groups in total. The topological polar surface area (TPSA) is 158 Å². The smallest absolute Gasteiger partial charge is 0.305 e. The van der Waals surface area contributed by atoms with Gasteiger partial charge in [0.25, 0.3) is 0 Å². The lowest BCUT2D eigenvalue weighted by Gasteiger charge is -2.41. The highest BCUT2D eigenvalue weighted by molar-refractivity contribution is 5.69. The Morgan fingerprint density at radius 1 is 1.21 bits per heavy atom. The number of aliphatic hydroxyl groups excluding tert-OH is 5. The number of ether oxygens (including phenoxy) is 3. The van der Waals surface area contributed by atoms with Gasteiger partial charge in [-0.3, -0.25) is 4.79 Å². The van der Waals surface area contributed by atoms with Gasteiger partial charge in [0.05, 0.1) is 25.9 Å². The van der Waals surface area contributed by atoms with Crippen molar-refractivity contribution in [2.24, 2.45) is 5.41 Å². The molecule has 1 aliphatic rings. The summed E-state index contributed by atoms with van der Waals surface area (Å²) in [7, 11) is 0. The van der Waals surface area contributed by atoms with E-state index in [0.29, 0.717) is 26.0 Å². The minimum atomic E-state index is -1.51. The van der Waals surface area contributed by atoms with Crippen LogP contribution in [0.3, 0.4) is 0 Å². The first-order valence-electron chi connectivity index (χ1n) is 9.60. The minimum Gasteiger partial charge on any atom is -0.466 e. The summed E-state index contributed by atoms with van der Waals surface area (Å²) in [6.07, 6.45) is -6.61. The van der Waals surface area contributed by atoms with Gasteiger partial charge in [0.15, 0.2) is 6.29 Å². The summed E-state index contributed by atoms with van der Waals surface area (Å²) in [5.41, 5.74) is -0.715. The van der Waals surface area contributed by atoms with Gasteiger partial charge >= 0.3 is 5.97 Å². The first-order valence-corrected chi connectivity index (χ1v) is 9.60. The summed E-state index contributed by atoms with van der Waals surface area (Å²) >= 11 is 0. The van der Waals surface area contributed by atoms with Gasteiger partial charge in [-0.2, -0.15) is 0 Å². The molecule has 0 amide bonds. The fraction of sp³-hybridized carbons (Fsp3) is 0.944. The molecule has 0 saturated carbocycles. The zero-order valence-electron chi connectivity index (χ0n) is 16.8. The molecule has 1 rings (SSSR count). The van der Waals surface area contributed by atoms with Gasteiger partial charge in [-0.05, 0) is 19.9 Å². The normalized spacial score (nSPS) is 29.5. The molecule has 10 heteroatoms. The molecule has 166 valence electrons. The van der Waals surface area contributed by atoms with Gasteiger partial charge in [0.2, 0.25) is 0 Å². The highest BCUT2D eigenvalue weighted by Crippen LogP contribution is 2.26. The van der Waals surface area contributed by atoms with Crippen molar-refractivity contribution < 1.29 is 44.5 Å². The van der Waals surface area contributed by atoms with Crippen molar-refractivity contribution in [3.05, 3.63) is 0 Å². The second-order valence-electron chi connectivity index (χ2n) is 7.63. The highest BCUT2D eigenvalue weighted by atomic mass is 16.7. The number of hydrogen-bond acceptors (Lipinski definition) is 10. The number of carbonyl (C=O) groups excluding carboxylic acids is 1. The van der Waals surface area contributed by atoms with Gasteiger partial charge in [-0.25, -0.2) is 0 Å². The van der Waals surface area contributed by atoms with Crippen LogP contribution in [0.15, 0.2) is 0 Å². The average molecular weight is 409 g/mol. The first-order chi connectivity index (χ1) is 13.1. The summed E-state index contributed by atoms with van der Waals surface area (Å²) < 4.78 is 15.6. The molecule has 0 aromatic heterocycles. The first kappa shape index (κ1) is 25.2. The Morgan fingerprint density at radius 2 is 1.89 bits per heavy atom. The lowest BCUT2D eigenvalue weighted by atomic mass is 9.87. The molecule has 1 saturated heterocycles. The maximum Gasteiger partial charge on any atom is 0.305 e. The van der Waals surface area contributed by atoms with Gasteiger partial charge in [-0.15, -0.1) is 0 Å². The largest absolute Gasteiger partial charge is 0.466 e. The molecule has 10 nitrogen and oxygen atoms in total. The molecule has 1 aliphatic heterocycles. The van der Waals surface area contributed by atoms with Crippen LogP contribution in [0.25, 0.3) is 0 Å². The maximum absolute atomic E-state index is 11.3. The van der Waals surface area contributed by atoms with Crippen LogP contribution < -0.4 is 5.32 Å². The molecule has 1 fully saturated rings. The third-order valence-electron chi connectivity index (χ3n) is 4.75. The van der Waals surface area contributed by atoms with Crippen LogP contribution in [-0.4, -0.2) is 101 Å². The molecule has 0 aromatic rings. The van der Waals surface area contributed by atoms with E-state index in [-0.39, 0.29) is 19.1 Å². The maximum atomic E-state index is 11.3. The van der Waals surface area contributed by atoms with E-state index in [4.69, 9.17) is 14.2 Å². The summed E-state index contributed by atoms with van der Waals surface area (Å²) in [5, 5.41) is 52.2. The van der Waals surface area contributed by atoms with Crippen LogP contribution in [0, 0.1) is 5.41 Å². The molecule has 6 atom stereocenters. The zero-order chi connectivity index (χ0) is 21.3. The Hall–Kier alpha value is -0.850. The molecule has 1 heterocycles. The number of esters is 1. The van der Waals surface area contributed by atoms with Crippen LogP contribution in [0.4, 0.5) is 0 Å². The third kappa shape index (κ3) is 7.53. The minimum absolute atomic E-state index is 0.00135. The monoisotopic (exact) mass is 409 g/mol. The Labute approximate surface area is 165 Å². The predicted molar refractivity (Wildman–Crippen MR) is 98.2 cm³/mol. The van der Waals surface area contributed by atoms with E-state index in [0.717, 1.165) is 0 Å². The quantitative estimate of drug-likeness (QED) is 0.159. The molecule has 0 aliphatic carbocycles. The van der Waals surface area contributed by atoms with E-state index in [1.807, 2.05) is 0 Å². The summed E-state index contributed by atoms with van der Waals surface area (Å²) in [6.45, 7) is 5.92. The van der Waals surface area contributed by atoms with Crippen molar-refractivity contribution in [2.45, 2.75) is 70.4 Å². The molecule has 0 bridgehead atoms. The number of hydrogen-bond donors (Lipinski definition) is 6. The molecule has 0 spiro atoms. The average Bonchev–Trinajstić information content (AvgIpc) is 2.65. The number of aliphatic hydroxyl groups is 5. The van der Waals surface area contributed by atoms with E-state index >= 15 is 0 Å². The fourth-order valence-electron chi connectivity index (χ4n) is 2.70. The Balaban J connectivity index is 2.38. The van der Waals surface area contributed by atoms with Gasteiger partial charge < -0.3 is 45.1 Å². The van der Waals surface area contributed by atoms with Crippen LogP contribution in [-0.2, 0) is 19.0 Å². The predicted octanol–water partition coefficient (Wildman–Crippen LogP) is -1.88. The Bertz CT molecular complexity index is 460. The molecular weight excluding hydrogens is 374 g/mol. The van der Waals surface area contributed by atoms with Gasteiger partial charge in [0.1, 0.15) is 24.4 Å². The second kappa shape index (κ2) is 12.0. The van der Waals surface area contributed by atoms with Crippen molar-refractivity contribution in [1.29, 1.82) is 0 Å².